The molecule has 0 unspecified atom stereocenters. The van der Waals surface area contributed by atoms with Gasteiger partial charge in [-0.25, -0.2) is 0 Å². The second kappa shape index (κ2) is 9.80. The smallest absolute Gasteiger partial charge is 0.307 e. The summed E-state index contributed by atoms with van der Waals surface area (Å²) in [6.45, 7) is 0.337. The number of aryl methyl sites for hydroxylation is 1. The number of amides is 1. The predicted octanol–water partition coefficient (Wildman–Crippen LogP) is 2.09. The highest BCUT2D eigenvalue weighted by Crippen LogP contribution is 2.13. The van der Waals surface area contributed by atoms with Crippen LogP contribution in [-0.2, 0) is 20.7 Å². The van der Waals surface area contributed by atoms with Gasteiger partial charge in [0, 0.05) is 13.0 Å². The largest absolute Gasteiger partial charge is 0.497 e. The molecule has 0 spiro atoms. The van der Waals surface area contributed by atoms with Gasteiger partial charge in [-0.15, -0.1) is 0 Å². The second-order valence-electron chi connectivity index (χ2n) is 4.73. The molecule has 5 nitrogen and oxygen atoms in total. The van der Waals surface area contributed by atoms with Crippen LogP contribution in [-0.4, -0.2) is 32.6 Å². The van der Waals surface area contributed by atoms with Crippen LogP contribution in [0.1, 0.15) is 31.2 Å². The molecule has 0 saturated carbocycles. The van der Waals surface area contributed by atoms with E-state index in [9.17, 15) is 9.59 Å². The molecule has 1 aromatic rings. The maximum Gasteiger partial charge on any atom is 0.307 e. The first-order valence-corrected chi connectivity index (χ1v) is 7.12. The summed E-state index contributed by atoms with van der Waals surface area (Å²) in [5.41, 5.74) is 1.24. The topological polar surface area (TPSA) is 64.6 Å². The van der Waals surface area contributed by atoms with Crippen molar-refractivity contribution in [2.45, 2.75) is 32.1 Å². The summed E-state index contributed by atoms with van der Waals surface area (Å²) >= 11 is 0. The fourth-order valence-corrected chi connectivity index (χ4v) is 1.90. The lowest BCUT2D eigenvalue weighted by molar-refractivity contribution is -0.140. The molecule has 0 aliphatic heterocycles. The zero-order valence-corrected chi connectivity index (χ0v) is 12.7. The van der Waals surface area contributed by atoms with Crippen LogP contribution in [0.15, 0.2) is 24.3 Å². The highest BCUT2D eigenvalue weighted by molar-refractivity contribution is 5.76. The van der Waals surface area contributed by atoms with Crippen molar-refractivity contribution in [3.8, 4) is 5.75 Å². The molecule has 0 heterocycles. The van der Waals surface area contributed by atoms with Crippen molar-refractivity contribution in [2.24, 2.45) is 0 Å². The molecule has 1 amide bonds. The molecule has 116 valence electrons. The maximum atomic E-state index is 11.5. The summed E-state index contributed by atoms with van der Waals surface area (Å²) in [5, 5.41) is 2.71. The van der Waals surface area contributed by atoms with Crippen molar-refractivity contribution in [3.63, 3.8) is 0 Å². The molecular formula is C16H23NO4. The van der Waals surface area contributed by atoms with Gasteiger partial charge < -0.3 is 14.8 Å². The number of unbranched alkanes of at least 4 members (excludes halogenated alkanes) is 1. The second-order valence-corrected chi connectivity index (χ2v) is 4.73. The van der Waals surface area contributed by atoms with E-state index in [1.165, 1.54) is 12.7 Å². The maximum absolute atomic E-state index is 11.5. The van der Waals surface area contributed by atoms with Gasteiger partial charge in [0.15, 0.2) is 0 Å². The average Bonchev–Trinajstić information content (AvgIpc) is 2.52. The van der Waals surface area contributed by atoms with Gasteiger partial charge in [-0.3, -0.25) is 9.59 Å². The highest BCUT2D eigenvalue weighted by Gasteiger charge is 2.04. The molecule has 0 atom stereocenters. The Bertz CT molecular complexity index is 442. The fourth-order valence-electron chi connectivity index (χ4n) is 1.90. The van der Waals surface area contributed by atoms with E-state index in [1.54, 1.807) is 7.11 Å². The summed E-state index contributed by atoms with van der Waals surface area (Å²) in [6.07, 6.45) is 3.43. The van der Waals surface area contributed by atoms with Gasteiger partial charge in [0.2, 0.25) is 5.91 Å². The molecule has 5 heteroatoms. The quantitative estimate of drug-likeness (QED) is 0.559. The van der Waals surface area contributed by atoms with Gasteiger partial charge in [-0.2, -0.15) is 0 Å². The number of ether oxygens (including phenoxy) is 2. The molecule has 0 aliphatic rings. The standard InChI is InChI=1S/C16H23NO4/c1-20-14-9-7-13(8-10-14)5-3-4-6-15(18)17-12-11-16(19)21-2/h7-10H,3-6,11-12H2,1-2H3,(H,17,18). The number of carbonyl (C=O) groups excluding carboxylic acids is 2. The summed E-state index contributed by atoms with van der Waals surface area (Å²) in [4.78, 5) is 22.4. The Balaban J connectivity index is 2.10. The SMILES string of the molecule is COC(=O)CCNC(=O)CCCCc1ccc(OC)cc1. The van der Waals surface area contributed by atoms with Crippen LogP contribution in [0, 0.1) is 0 Å². The molecule has 0 radical (unpaired) electrons. The van der Waals surface area contributed by atoms with E-state index in [0.717, 1.165) is 25.0 Å². The Morgan fingerprint density at radius 2 is 1.76 bits per heavy atom. The molecule has 0 fully saturated rings. The van der Waals surface area contributed by atoms with Gasteiger partial charge in [-0.1, -0.05) is 12.1 Å². The van der Waals surface area contributed by atoms with Crippen molar-refractivity contribution in [2.75, 3.05) is 20.8 Å². The third-order valence-corrected chi connectivity index (χ3v) is 3.16. The van der Waals surface area contributed by atoms with E-state index in [0.29, 0.717) is 13.0 Å². The van der Waals surface area contributed by atoms with Crippen molar-refractivity contribution < 1.29 is 19.1 Å². The molecule has 0 aliphatic carbocycles. The fraction of sp³-hybridized carbons (Fsp3) is 0.500. The predicted molar refractivity (Wildman–Crippen MR) is 80.2 cm³/mol. The van der Waals surface area contributed by atoms with Crippen LogP contribution in [0.4, 0.5) is 0 Å². The van der Waals surface area contributed by atoms with Crippen LogP contribution >= 0.6 is 0 Å². The van der Waals surface area contributed by atoms with E-state index < -0.39 is 0 Å². The molecule has 1 aromatic carbocycles. The Kier molecular flexibility index (Phi) is 7.94. The van der Waals surface area contributed by atoms with Gasteiger partial charge in [0.1, 0.15) is 5.75 Å². The summed E-state index contributed by atoms with van der Waals surface area (Å²) in [5.74, 6) is 0.521. The number of benzene rings is 1. The third kappa shape index (κ3) is 7.34. The lowest BCUT2D eigenvalue weighted by atomic mass is 10.1. The lowest BCUT2D eigenvalue weighted by Gasteiger charge is -2.05. The minimum atomic E-state index is -0.310. The molecule has 0 bridgehead atoms. The molecule has 1 rings (SSSR count). The van der Waals surface area contributed by atoms with Crippen molar-refractivity contribution >= 4 is 11.9 Å². The molecule has 21 heavy (non-hydrogen) atoms. The van der Waals surface area contributed by atoms with E-state index in [4.69, 9.17) is 4.74 Å². The lowest BCUT2D eigenvalue weighted by Crippen LogP contribution is -2.26. The zero-order valence-electron chi connectivity index (χ0n) is 12.7. The number of hydrogen-bond donors (Lipinski definition) is 1. The van der Waals surface area contributed by atoms with Crippen molar-refractivity contribution in [1.29, 1.82) is 0 Å². The van der Waals surface area contributed by atoms with Crippen LogP contribution in [0.3, 0.4) is 0 Å². The Hall–Kier alpha value is -2.04. The van der Waals surface area contributed by atoms with Crippen LogP contribution in [0.5, 0.6) is 5.75 Å². The Morgan fingerprint density at radius 1 is 1.05 bits per heavy atom. The summed E-state index contributed by atoms with van der Waals surface area (Å²) < 4.78 is 9.60. The van der Waals surface area contributed by atoms with Crippen molar-refractivity contribution in [1.82, 2.24) is 5.32 Å². The number of carbonyl (C=O) groups is 2. The number of hydrogen-bond acceptors (Lipinski definition) is 4. The minimum absolute atomic E-state index is 0.0198. The van der Waals surface area contributed by atoms with Crippen LogP contribution in [0.2, 0.25) is 0 Å². The highest BCUT2D eigenvalue weighted by atomic mass is 16.5. The van der Waals surface area contributed by atoms with E-state index in [1.807, 2.05) is 24.3 Å². The van der Waals surface area contributed by atoms with E-state index in [-0.39, 0.29) is 18.3 Å². The van der Waals surface area contributed by atoms with Gasteiger partial charge >= 0.3 is 5.97 Å². The Morgan fingerprint density at radius 3 is 2.38 bits per heavy atom. The van der Waals surface area contributed by atoms with Crippen molar-refractivity contribution in [3.05, 3.63) is 29.8 Å². The number of esters is 1. The molecule has 1 N–H and O–H groups in total. The van der Waals surface area contributed by atoms with E-state index in [2.05, 4.69) is 10.1 Å². The number of rotatable bonds is 9. The van der Waals surface area contributed by atoms with Gasteiger partial charge in [-0.05, 0) is 37.0 Å². The minimum Gasteiger partial charge on any atom is -0.497 e. The van der Waals surface area contributed by atoms with Gasteiger partial charge in [0.25, 0.3) is 0 Å². The first-order chi connectivity index (χ1) is 10.2. The first-order valence-electron chi connectivity index (χ1n) is 7.12. The molecule has 0 aromatic heterocycles. The van der Waals surface area contributed by atoms with Gasteiger partial charge in [0.05, 0.1) is 20.6 Å². The zero-order chi connectivity index (χ0) is 15.5. The monoisotopic (exact) mass is 293 g/mol. The number of nitrogens with one attached hydrogen (secondary N) is 1. The Labute approximate surface area is 125 Å². The number of methoxy groups -OCH3 is 2. The first kappa shape index (κ1) is 17.0. The normalized spacial score (nSPS) is 10.0. The summed E-state index contributed by atoms with van der Waals surface area (Å²) in [6, 6.07) is 7.95. The van der Waals surface area contributed by atoms with E-state index >= 15 is 0 Å². The average molecular weight is 293 g/mol. The molecular weight excluding hydrogens is 270 g/mol. The van der Waals surface area contributed by atoms with Crippen LogP contribution < -0.4 is 10.1 Å². The summed E-state index contributed by atoms with van der Waals surface area (Å²) in [7, 11) is 2.98. The molecule has 0 saturated heterocycles. The van der Waals surface area contributed by atoms with Crippen LogP contribution in [0.25, 0.3) is 0 Å². The third-order valence-electron chi connectivity index (χ3n) is 3.16.